The van der Waals surface area contributed by atoms with E-state index in [4.69, 9.17) is 16.3 Å². The van der Waals surface area contributed by atoms with E-state index in [0.717, 1.165) is 27.9 Å². The average molecular weight is 273 g/mol. The van der Waals surface area contributed by atoms with Crippen LogP contribution in [0.15, 0.2) is 36.5 Å². The van der Waals surface area contributed by atoms with Crippen LogP contribution in [-0.4, -0.2) is 9.97 Å². The zero-order valence-electron chi connectivity index (χ0n) is 10.7. The molecule has 2 aromatic heterocycles. The van der Waals surface area contributed by atoms with Crippen molar-refractivity contribution in [3.05, 3.63) is 52.8 Å². The van der Waals surface area contributed by atoms with E-state index >= 15 is 0 Å². The maximum Gasteiger partial charge on any atom is 0.142 e. The molecule has 0 unspecified atom stereocenters. The second kappa shape index (κ2) is 4.59. The number of benzene rings is 1. The van der Waals surface area contributed by atoms with Gasteiger partial charge in [-0.25, -0.2) is 4.98 Å². The van der Waals surface area contributed by atoms with Crippen LogP contribution in [0.3, 0.4) is 0 Å². The van der Waals surface area contributed by atoms with E-state index in [1.54, 1.807) is 6.07 Å². The second-order valence-corrected chi connectivity index (χ2v) is 4.94. The van der Waals surface area contributed by atoms with Crippen LogP contribution in [0.4, 0.5) is 0 Å². The third-order valence-electron chi connectivity index (χ3n) is 3.02. The lowest BCUT2D eigenvalue weighted by molar-refractivity contribution is 0.483. The Morgan fingerprint density at radius 2 is 1.95 bits per heavy atom. The van der Waals surface area contributed by atoms with Crippen molar-refractivity contribution in [1.29, 1.82) is 0 Å². The number of aromatic amines is 1. The van der Waals surface area contributed by atoms with Gasteiger partial charge in [0, 0.05) is 12.3 Å². The third kappa shape index (κ3) is 2.29. The molecule has 0 atom stereocenters. The molecule has 3 nitrogen and oxygen atoms in total. The highest BCUT2D eigenvalue weighted by atomic mass is 35.5. The fraction of sp³-hybridized carbons (Fsp3) is 0.133. The van der Waals surface area contributed by atoms with E-state index in [0.29, 0.717) is 10.9 Å². The number of ether oxygens (including phenoxy) is 1. The van der Waals surface area contributed by atoms with Gasteiger partial charge in [-0.3, -0.25) is 0 Å². The first-order valence-electron chi connectivity index (χ1n) is 6.02. The Morgan fingerprint density at radius 3 is 2.79 bits per heavy atom. The van der Waals surface area contributed by atoms with E-state index < -0.39 is 0 Å². The van der Waals surface area contributed by atoms with E-state index in [2.05, 4.69) is 16.0 Å². The van der Waals surface area contributed by atoms with Crippen LogP contribution in [0.5, 0.6) is 11.5 Å². The van der Waals surface area contributed by atoms with Crippen molar-refractivity contribution in [3.8, 4) is 11.5 Å². The standard InChI is InChI=1S/C15H13ClN2O/c1-9-3-4-10(2)12(7-9)19-13-8-14(16)18-15-11(13)5-6-17-15/h3-8H,1-2H3,(H,17,18). The van der Waals surface area contributed by atoms with Gasteiger partial charge >= 0.3 is 0 Å². The highest BCUT2D eigenvalue weighted by molar-refractivity contribution is 6.30. The van der Waals surface area contributed by atoms with Crippen molar-refractivity contribution in [2.75, 3.05) is 0 Å². The molecule has 4 heteroatoms. The van der Waals surface area contributed by atoms with Crippen molar-refractivity contribution in [3.63, 3.8) is 0 Å². The molecule has 2 heterocycles. The molecule has 3 aromatic rings. The molecule has 1 N–H and O–H groups in total. The lowest BCUT2D eigenvalue weighted by Crippen LogP contribution is -1.90. The summed E-state index contributed by atoms with van der Waals surface area (Å²) >= 11 is 6.01. The molecule has 19 heavy (non-hydrogen) atoms. The Hall–Kier alpha value is -2.00. The van der Waals surface area contributed by atoms with Gasteiger partial charge in [0.2, 0.25) is 0 Å². The van der Waals surface area contributed by atoms with Gasteiger partial charge in [0.25, 0.3) is 0 Å². The zero-order chi connectivity index (χ0) is 13.4. The summed E-state index contributed by atoms with van der Waals surface area (Å²) in [6.07, 6.45) is 1.82. The van der Waals surface area contributed by atoms with Crippen LogP contribution in [-0.2, 0) is 0 Å². The summed E-state index contributed by atoms with van der Waals surface area (Å²) in [5.74, 6) is 1.55. The van der Waals surface area contributed by atoms with Crippen LogP contribution in [0.25, 0.3) is 11.0 Å². The Kier molecular flexibility index (Phi) is 2.91. The first-order valence-corrected chi connectivity index (χ1v) is 6.40. The molecule has 0 saturated heterocycles. The lowest BCUT2D eigenvalue weighted by atomic mass is 10.1. The predicted molar refractivity (Wildman–Crippen MR) is 77.1 cm³/mol. The number of fused-ring (bicyclic) bond motifs is 1. The van der Waals surface area contributed by atoms with Crippen LogP contribution in [0.1, 0.15) is 11.1 Å². The van der Waals surface area contributed by atoms with E-state index in [1.165, 1.54) is 0 Å². The fourth-order valence-corrected chi connectivity index (χ4v) is 2.18. The summed E-state index contributed by atoms with van der Waals surface area (Å²) in [6.45, 7) is 4.06. The van der Waals surface area contributed by atoms with Gasteiger partial charge in [0.05, 0.1) is 5.39 Å². The minimum atomic E-state index is 0.412. The van der Waals surface area contributed by atoms with Crippen molar-refractivity contribution >= 4 is 22.6 Å². The topological polar surface area (TPSA) is 37.9 Å². The summed E-state index contributed by atoms with van der Waals surface area (Å²) in [7, 11) is 0. The van der Waals surface area contributed by atoms with Crippen LogP contribution in [0, 0.1) is 13.8 Å². The number of aromatic nitrogens is 2. The predicted octanol–water partition coefficient (Wildman–Crippen LogP) is 4.63. The maximum atomic E-state index is 6.01. The number of aryl methyl sites for hydroxylation is 2. The molecule has 0 fully saturated rings. The summed E-state index contributed by atoms with van der Waals surface area (Å²) < 4.78 is 6.00. The normalized spacial score (nSPS) is 10.9. The third-order valence-corrected chi connectivity index (χ3v) is 3.22. The molecule has 0 aliphatic carbocycles. The van der Waals surface area contributed by atoms with Gasteiger partial charge in [-0.05, 0) is 37.1 Å². The number of hydrogen-bond acceptors (Lipinski definition) is 2. The van der Waals surface area contributed by atoms with Crippen molar-refractivity contribution in [2.45, 2.75) is 13.8 Å². The molecule has 0 aliphatic rings. The van der Waals surface area contributed by atoms with E-state index in [-0.39, 0.29) is 0 Å². The van der Waals surface area contributed by atoms with Gasteiger partial charge in [-0.15, -0.1) is 0 Å². The Labute approximate surface area is 116 Å². The maximum absolute atomic E-state index is 6.01. The smallest absolute Gasteiger partial charge is 0.142 e. The monoisotopic (exact) mass is 272 g/mol. The first kappa shape index (κ1) is 12.1. The molecule has 0 bridgehead atoms. The summed E-state index contributed by atoms with van der Waals surface area (Å²) in [4.78, 5) is 7.24. The largest absolute Gasteiger partial charge is 0.456 e. The summed E-state index contributed by atoms with van der Waals surface area (Å²) in [6, 6.07) is 9.79. The van der Waals surface area contributed by atoms with Gasteiger partial charge < -0.3 is 9.72 Å². The molecular formula is C15H13ClN2O. The van der Waals surface area contributed by atoms with Crippen molar-refractivity contribution in [2.24, 2.45) is 0 Å². The number of nitrogens with one attached hydrogen (secondary N) is 1. The molecule has 0 amide bonds. The second-order valence-electron chi connectivity index (χ2n) is 4.55. The Bertz CT molecular complexity index is 749. The number of H-pyrrole nitrogens is 1. The fourth-order valence-electron chi connectivity index (χ4n) is 2.00. The van der Waals surface area contributed by atoms with Gasteiger partial charge in [0.1, 0.15) is 22.3 Å². The quantitative estimate of drug-likeness (QED) is 0.691. The number of pyridine rings is 1. The summed E-state index contributed by atoms with van der Waals surface area (Å²) in [5, 5.41) is 1.33. The highest BCUT2D eigenvalue weighted by Gasteiger charge is 2.09. The van der Waals surface area contributed by atoms with Crippen LogP contribution >= 0.6 is 11.6 Å². The van der Waals surface area contributed by atoms with Crippen LogP contribution in [0.2, 0.25) is 5.15 Å². The highest BCUT2D eigenvalue weighted by Crippen LogP contribution is 2.32. The molecule has 0 spiro atoms. The number of hydrogen-bond donors (Lipinski definition) is 1. The van der Waals surface area contributed by atoms with Crippen molar-refractivity contribution < 1.29 is 4.74 Å². The number of nitrogens with zero attached hydrogens (tertiary/aromatic N) is 1. The molecule has 0 radical (unpaired) electrons. The number of halogens is 1. The Morgan fingerprint density at radius 1 is 1.11 bits per heavy atom. The minimum absolute atomic E-state index is 0.412. The van der Waals surface area contributed by atoms with Crippen LogP contribution < -0.4 is 4.74 Å². The average Bonchev–Trinajstić information content (AvgIpc) is 2.82. The minimum Gasteiger partial charge on any atom is -0.456 e. The number of rotatable bonds is 2. The molecule has 1 aromatic carbocycles. The van der Waals surface area contributed by atoms with Crippen molar-refractivity contribution in [1.82, 2.24) is 9.97 Å². The summed E-state index contributed by atoms with van der Waals surface area (Å²) in [5.41, 5.74) is 2.97. The van der Waals surface area contributed by atoms with E-state index in [1.807, 2.05) is 38.2 Å². The van der Waals surface area contributed by atoms with E-state index in [9.17, 15) is 0 Å². The first-order chi connectivity index (χ1) is 9.13. The molecule has 3 rings (SSSR count). The lowest BCUT2D eigenvalue weighted by Gasteiger charge is -2.10. The zero-order valence-corrected chi connectivity index (χ0v) is 11.5. The molecule has 0 saturated carbocycles. The van der Waals surface area contributed by atoms with Gasteiger partial charge in [0.15, 0.2) is 0 Å². The van der Waals surface area contributed by atoms with Gasteiger partial charge in [-0.1, -0.05) is 23.7 Å². The Balaban J connectivity index is 2.10. The van der Waals surface area contributed by atoms with Gasteiger partial charge in [-0.2, -0.15) is 0 Å². The SMILES string of the molecule is Cc1ccc(C)c(Oc2cc(Cl)nc3[nH]ccc23)c1. The molecule has 96 valence electrons. The molecular weight excluding hydrogens is 260 g/mol. The molecule has 0 aliphatic heterocycles.